The molecule has 1 saturated heterocycles. The largest absolute Gasteiger partial charge is 0.379 e. The molecule has 0 radical (unpaired) electrons. The number of carbonyl (C=O) groups is 1. The molecule has 0 spiro atoms. The van der Waals surface area contributed by atoms with Gasteiger partial charge in [-0.25, -0.2) is 9.18 Å². The van der Waals surface area contributed by atoms with Crippen LogP contribution in [0.3, 0.4) is 0 Å². The minimum absolute atomic E-state index is 0.111. The Morgan fingerprint density at radius 3 is 2.63 bits per heavy atom. The first-order valence-electron chi connectivity index (χ1n) is 11.3. The van der Waals surface area contributed by atoms with Crippen LogP contribution in [0.2, 0.25) is 5.02 Å². The fourth-order valence-electron chi connectivity index (χ4n) is 4.64. The first kappa shape index (κ1) is 23.8. The van der Waals surface area contributed by atoms with Gasteiger partial charge in [-0.2, -0.15) is 4.98 Å². The minimum atomic E-state index is -0.365. The molecular formula is C25H24ClFN4O3S. The molecule has 182 valence electrons. The van der Waals surface area contributed by atoms with Gasteiger partial charge in [-0.1, -0.05) is 30.3 Å². The molecule has 2 aromatic carbocycles. The summed E-state index contributed by atoms with van der Waals surface area (Å²) in [6.45, 7) is 6.01. The molecule has 2 aliphatic heterocycles. The van der Waals surface area contributed by atoms with Crippen molar-refractivity contribution in [2.45, 2.75) is 17.5 Å². The number of benzene rings is 2. The summed E-state index contributed by atoms with van der Waals surface area (Å²) in [5.41, 5.74) is 1.91. The van der Waals surface area contributed by atoms with Crippen molar-refractivity contribution in [3.05, 3.63) is 64.3 Å². The number of ether oxygens (including phenoxy) is 1. The lowest BCUT2D eigenvalue weighted by Gasteiger charge is -2.35. The van der Waals surface area contributed by atoms with E-state index in [1.54, 1.807) is 40.5 Å². The van der Waals surface area contributed by atoms with Gasteiger partial charge in [0.25, 0.3) is 0 Å². The summed E-state index contributed by atoms with van der Waals surface area (Å²) in [6.07, 6.45) is 1.13. The van der Waals surface area contributed by atoms with Crippen molar-refractivity contribution in [3.8, 4) is 11.1 Å². The predicted molar refractivity (Wildman–Crippen MR) is 137 cm³/mol. The van der Waals surface area contributed by atoms with Gasteiger partial charge in [0.05, 0.1) is 23.2 Å². The van der Waals surface area contributed by atoms with Crippen LogP contribution in [0.1, 0.15) is 0 Å². The van der Waals surface area contributed by atoms with Gasteiger partial charge >= 0.3 is 5.69 Å². The van der Waals surface area contributed by atoms with Crippen LogP contribution < -0.4 is 10.6 Å². The number of thioether (sulfide) groups is 1. The van der Waals surface area contributed by atoms with Gasteiger partial charge in [0.1, 0.15) is 11.6 Å². The van der Waals surface area contributed by atoms with E-state index in [-0.39, 0.29) is 23.5 Å². The topological polar surface area (TPSA) is 67.7 Å². The number of carbonyl (C=O) groups excluding carboxylic acids is 1. The average Bonchev–Trinajstić information content (AvgIpc) is 3.07. The van der Waals surface area contributed by atoms with E-state index >= 15 is 0 Å². The second-order valence-corrected chi connectivity index (χ2v) is 9.92. The highest BCUT2D eigenvalue weighted by Crippen LogP contribution is 2.45. The first-order valence-corrected chi connectivity index (χ1v) is 12.6. The molecule has 1 amide bonds. The summed E-state index contributed by atoms with van der Waals surface area (Å²) in [5, 5.41) is 1.26. The summed E-state index contributed by atoms with van der Waals surface area (Å²) in [5.74, 6) is 0.734. The summed E-state index contributed by atoms with van der Waals surface area (Å²) in [6, 6.07) is 8.03. The van der Waals surface area contributed by atoms with Crippen molar-refractivity contribution in [2.24, 2.45) is 0 Å². The molecule has 10 heteroatoms. The van der Waals surface area contributed by atoms with E-state index in [1.165, 1.54) is 18.2 Å². The van der Waals surface area contributed by atoms with E-state index in [9.17, 15) is 14.0 Å². The quantitative estimate of drug-likeness (QED) is 0.493. The molecule has 0 unspecified atom stereocenters. The van der Waals surface area contributed by atoms with Gasteiger partial charge < -0.3 is 14.5 Å². The third-order valence-electron chi connectivity index (χ3n) is 6.48. The Balaban J connectivity index is 1.70. The molecule has 7 nitrogen and oxygen atoms in total. The predicted octanol–water partition coefficient (Wildman–Crippen LogP) is 3.81. The molecule has 3 aromatic rings. The maximum Gasteiger partial charge on any atom is 0.350 e. The zero-order valence-electron chi connectivity index (χ0n) is 19.2. The average molecular weight is 515 g/mol. The first-order chi connectivity index (χ1) is 16.9. The van der Waals surface area contributed by atoms with E-state index in [1.807, 2.05) is 11.0 Å². The summed E-state index contributed by atoms with van der Waals surface area (Å²) in [4.78, 5) is 34.4. The third-order valence-corrected chi connectivity index (χ3v) is 8.00. The number of rotatable bonds is 4. The Bertz CT molecular complexity index is 1370. The Kier molecular flexibility index (Phi) is 6.57. The van der Waals surface area contributed by atoms with Gasteiger partial charge in [0.15, 0.2) is 0 Å². The van der Waals surface area contributed by atoms with E-state index in [2.05, 4.69) is 11.6 Å². The van der Waals surface area contributed by atoms with Crippen molar-refractivity contribution in [1.29, 1.82) is 0 Å². The van der Waals surface area contributed by atoms with Gasteiger partial charge in [-0.05, 0) is 29.8 Å². The number of hydrogen-bond acceptors (Lipinski definition) is 6. The molecule has 0 bridgehead atoms. The van der Waals surface area contributed by atoms with Crippen molar-refractivity contribution in [3.63, 3.8) is 0 Å². The lowest BCUT2D eigenvalue weighted by molar-refractivity contribution is -0.126. The van der Waals surface area contributed by atoms with Crippen LogP contribution in [0.15, 0.2) is 52.7 Å². The van der Waals surface area contributed by atoms with Crippen LogP contribution in [0.25, 0.3) is 22.0 Å². The SMILES string of the molecule is C=CC(=O)N1CCN(c2nc(=O)n3c4c(c(-c5ccc(F)cc5)c(Cl)cc24)SC[C@H](OC)C3)CC1. The van der Waals surface area contributed by atoms with Crippen molar-refractivity contribution in [2.75, 3.05) is 43.9 Å². The van der Waals surface area contributed by atoms with Crippen molar-refractivity contribution < 1.29 is 13.9 Å². The zero-order valence-corrected chi connectivity index (χ0v) is 20.7. The van der Waals surface area contributed by atoms with E-state index in [0.29, 0.717) is 49.3 Å². The van der Waals surface area contributed by atoms with Crippen LogP contribution in [0, 0.1) is 5.82 Å². The van der Waals surface area contributed by atoms with E-state index < -0.39 is 0 Å². The lowest BCUT2D eigenvalue weighted by Crippen LogP contribution is -2.49. The Hall–Kier alpha value is -2.88. The number of hydrogen-bond donors (Lipinski definition) is 0. The number of anilines is 1. The summed E-state index contributed by atoms with van der Waals surface area (Å²) in [7, 11) is 1.63. The van der Waals surface area contributed by atoms with Crippen molar-refractivity contribution >= 4 is 46.0 Å². The van der Waals surface area contributed by atoms with Crippen LogP contribution >= 0.6 is 23.4 Å². The van der Waals surface area contributed by atoms with Crippen LogP contribution in [0.4, 0.5) is 10.2 Å². The minimum Gasteiger partial charge on any atom is -0.379 e. The molecule has 1 atom stereocenters. The monoisotopic (exact) mass is 514 g/mol. The molecule has 0 aliphatic carbocycles. The molecule has 5 rings (SSSR count). The number of aromatic nitrogens is 2. The molecule has 1 aromatic heterocycles. The third kappa shape index (κ3) is 4.32. The van der Waals surface area contributed by atoms with Crippen LogP contribution in [-0.2, 0) is 16.1 Å². The standard InChI is InChI=1S/C25H24ClFN4O3S/c1-3-20(32)29-8-10-30(11-9-29)24-18-12-19(26)21(15-4-6-16(27)7-5-15)23-22(18)31(25(33)28-24)13-17(34-2)14-35-23/h3-7,12,17H,1,8-11,13-14H2,2H3/t17-/m1/s1. The fourth-order valence-corrected chi connectivity index (χ4v) is 6.33. The Morgan fingerprint density at radius 1 is 1.26 bits per heavy atom. The van der Waals surface area contributed by atoms with Gasteiger partial charge in [-0.3, -0.25) is 9.36 Å². The summed E-state index contributed by atoms with van der Waals surface area (Å²) < 4.78 is 20.9. The lowest BCUT2D eigenvalue weighted by atomic mass is 10.0. The number of methoxy groups -OCH3 is 1. The number of halogens is 2. The van der Waals surface area contributed by atoms with Gasteiger partial charge in [0.2, 0.25) is 5.91 Å². The van der Waals surface area contributed by atoms with Gasteiger partial charge in [-0.15, -0.1) is 11.8 Å². The molecule has 0 saturated carbocycles. The Morgan fingerprint density at radius 2 is 1.97 bits per heavy atom. The van der Waals surface area contributed by atoms with E-state index in [0.717, 1.165) is 26.9 Å². The second kappa shape index (κ2) is 9.64. The smallest absolute Gasteiger partial charge is 0.350 e. The number of piperazine rings is 1. The number of nitrogens with zero attached hydrogens (tertiary/aromatic N) is 4. The molecule has 1 fully saturated rings. The maximum atomic E-state index is 13.6. The molecular weight excluding hydrogens is 491 g/mol. The normalized spacial score (nSPS) is 18.0. The van der Waals surface area contributed by atoms with Gasteiger partial charge in [0, 0.05) is 54.9 Å². The highest BCUT2D eigenvalue weighted by atomic mass is 35.5. The van der Waals surface area contributed by atoms with Crippen molar-refractivity contribution in [1.82, 2.24) is 14.5 Å². The van der Waals surface area contributed by atoms with Crippen LogP contribution in [-0.4, -0.2) is 65.5 Å². The number of amides is 1. The molecule has 0 N–H and O–H groups in total. The highest BCUT2D eigenvalue weighted by molar-refractivity contribution is 7.99. The van der Waals surface area contributed by atoms with Crippen LogP contribution in [0.5, 0.6) is 0 Å². The maximum absolute atomic E-state index is 13.6. The highest BCUT2D eigenvalue weighted by Gasteiger charge is 2.29. The molecule has 2 aliphatic rings. The Labute approximate surface area is 211 Å². The molecule has 3 heterocycles. The zero-order chi connectivity index (χ0) is 24.7. The summed E-state index contributed by atoms with van der Waals surface area (Å²) >= 11 is 8.43. The second-order valence-electron chi connectivity index (χ2n) is 8.48. The fraction of sp³-hybridized carbons (Fsp3) is 0.320. The molecule has 35 heavy (non-hydrogen) atoms. The van der Waals surface area contributed by atoms with E-state index in [4.69, 9.17) is 16.3 Å².